The van der Waals surface area contributed by atoms with Crippen LogP contribution >= 0.6 is 43.5 Å². The summed E-state index contributed by atoms with van der Waals surface area (Å²) in [5.74, 6) is -1.11. The lowest BCUT2D eigenvalue weighted by Crippen LogP contribution is -2.54. The Balaban J connectivity index is 2.10. The predicted molar refractivity (Wildman–Crippen MR) is 109 cm³/mol. The molecular weight excluding hydrogens is 503 g/mol. The van der Waals surface area contributed by atoms with Crippen molar-refractivity contribution < 1.29 is 19.1 Å². The van der Waals surface area contributed by atoms with E-state index in [1.807, 2.05) is 0 Å². The molecule has 1 aliphatic heterocycles. The molecule has 1 heterocycles. The van der Waals surface area contributed by atoms with Gasteiger partial charge in [-0.3, -0.25) is 14.9 Å². The molecule has 0 aromatic heterocycles. The third kappa shape index (κ3) is 3.92. The van der Waals surface area contributed by atoms with Crippen LogP contribution < -0.4 is 15.0 Å². The molecule has 3 rings (SSSR count). The van der Waals surface area contributed by atoms with E-state index < -0.39 is 17.8 Å². The van der Waals surface area contributed by atoms with E-state index in [4.69, 9.17) is 16.3 Å². The number of urea groups is 1. The summed E-state index contributed by atoms with van der Waals surface area (Å²) in [7, 11) is 1.47. The van der Waals surface area contributed by atoms with E-state index in [-0.39, 0.29) is 11.3 Å². The summed E-state index contributed by atoms with van der Waals surface area (Å²) < 4.78 is 6.69. The summed E-state index contributed by atoms with van der Waals surface area (Å²) in [6.45, 7) is 0. The second-order valence-corrected chi connectivity index (χ2v) is 7.65. The molecular formula is C18H11Br2ClN2O4. The molecule has 0 radical (unpaired) electrons. The van der Waals surface area contributed by atoms with Gasteiger partial charge in [-0.1, -0.05) is 33.6 Å². The first-order valence-corrected chi connectivity index (χ1v) is 9.48. The number of ether oxygens (including phenoxy) is 1. The Morgan fingerprint density at radius 3 is 2.56 bits per heavy atom. The van der Waals surface area contributed by atoms with Crippen molar-refractivity contribution in [3.05, 3.63) is 61.5 Å². The molecule has 27 heavy (non-hydrogen) atoms. The number of nitrogens with zero attached hydrogens (tertiary/aromatic N) is 1. The number of hydrogen-bond acceptors (Lipinski definition) is 4. The van der Waals surface area contributed by atoms with Crippen molar-refractivity contribution in [3.8, 4) is 5.75 Å². The molecule has 0 aliphatic carbocycles. The molecule has 0 saturated carbocycles. The van der Waals surface area contributed by atoms with Crippen molar-refractivity contribution in [2.24, 2.45) is 0 Å². The van der Waals surface area contributed by atoms with Crippen LogP contribution in [0.4, 0.5) is 10.5 Å². The molecule has 1 saturated heterocycles. The second kappa shape index (κ2) is 7.84. The smallest absolute Gasteiger partial charge is 0.335 e. The molecule has 0 spiro atoms. The zero-order chi connectivity index (χ0) is 19.7. The fourth-order valence-corrected chi connectivity index (χ4v) is 4.17. The number of rotatable bonds is 3. The molecule has 2 aromatic rings. The van der Waals surface area contributed by atoms with Crippen LogP contribution in [-0.2, 0) is 9.59 Å². The normalized spacial score (nSPS) is 15.9. The molecule has 1 N–H and O–H groups in total. The molecule has 0 unspecified atom stereocenters. The fraction of sp³-hybridized carbons (Fsp3) is 0.0556. The second-order valence-electron chi connectivity index (χ2n) is 5.45. The number of hydrogen-bond donors (Lipinski definition) is 1. The average Bonchev–Trinajstić information content (AvgIpc) is 2.58. The third-order valence-electron chi connectivity index (χ3n) is 3.71. The monoisotopic (exact) mass is 512 g/mol. The van der Waals surface area contributed by atoms with Crippen LogP contribution in [0.1, 0.15) is 5.56 Å². The molecule has 4 amide bonds. The number of carbonyl (C=O) groups is 3. The van der Waals surface area contributed by atoms with E-state index in [2.05, 4.69) is 37.2 Å². The lowest BCUT2D eigenvalue weighted by molar-refractivity contribution is -0.122. The largest absolute Gasteiger partial charge is 0.495 e. The summed E-state index contributed by atoms with van der Waals surface area (Å²) in [5, 5.41) is 2.52. The van der Waals surface area contributed by atoms with Gasteiger partial charge < -0.3 is 4.74 Å². The molecule has 9 heteroatoms. The number of imide groups is 2. The average molecular weight is 515 g/mol. The number of nitrogens with one attached hydrogen (secondary N) is 1. The summed E-state index contributed by atoms with van der Waals surface area (Å²) in [6.07, 6.45) is 1.37. The SMILES string of the molecule is COc1c(Br)cc(Br)cc1/C=C1\C(=O)NC(=O)N(c2cccc(Cl)c2)C1=O. The van der Waals surface area contributed by atoms with Crippen molar-refractivity contribution in [2.45, 2.75) is 0 Å². The van der Waals surface area contributed by atoms with E-state index in [0.29, 0.717) is 25.3 Å². The quantitative estimate of drug-likeness (QED) is 0.482. The molecule has 0 atom stereocenters. The standard InChI is InChI=1S/C18H11Br2ClN2O4/c1-27-15-9(5-10(19)7-14(15)20)6-13-16(24)22-18(26)23(17(13)25)12-4-2-3-11(21)8-12/h2-8H,1H3,(H,22,24,26)/b13-6+. The first-order chi connectivity index (χ1) is 12.8. The number of halogens is 3. The number of benzene rings is 2. The van der Waals surface area contributed by atoms with E-state index >= 15 is 0 Å². The minimum absolute atomic E-state index is 0.210. The maximum Gasteiger partial charge on any atom is 0.335 e. The Labute approximate surface area is 176 Å². The van der Waals surface area contributed by atoms with Gasteiger partial charge in [-0.25, -0.2) is 9.69 Å². The van der Waals surface area contributed by atoms with Gasteiger partial charge in [0, 0.05) is 15.1 Å². The number of barbiturate groups is 1. The zero-order valence-corrected chi connectivity index (χ0v) is 17.7. The minimum Gasteiger partial charge on any atom is -0.495 e. The van der Waals surface area contributed by atoms with Crippen LogP contribution in [-0.4, -0.2) is 25.0 Å². The maximum atomic E-state index is 12.9. The summed E-state index contributed by atoms with van der Waals surface area (Å²) in [4.78, 5) is 38.3. The lowest BCUT2D eigenvalue weighted by atomic mass is 10.1. The van der Waals surface area contributed by atoms with Gasteiger partial charge in [0.25, 0.3) is 11.8 Å². The maximum absolute atomic E-state index is 12.9. The van der Waals surface area contributed by atoms with Gasteiger partial charge in [0.15, 0.2) is 0 Å². The first-order valence-electron chi connectivity index (χ1n) is 7.52. The Morgan fingerprint density at radius 1 is 1.15 bits per heavy atom. The Kier molecular flexibility index (Phi) is 5.69. The molecule has 2 aromatic carbocycles. The Bertz CT molecular complexity index is 1010. The zero-order valence-electron chi connectivity index (χ0n) is 13.8. The summed E-state index contributed by atoms with van der Waals surface area (Å²) in [6, 6.07) is 8.85. The number of anilines is 1. The van der Waals surface area contributed by atoms with Crippen LogP contribution in [0.15, 0.2) is 50.9 Å². The van der Waals surface area contributed by atoms with Crippen LogP contribution in [0.3, 0.4) is 0 Å². The van der Waals surface area contributed by atoms with Crippen LogP contribution in [0.25, 0.3) is 6.08 Å². The lowest BCUT2D eigenvalue weighted by Gasteiger charge is -2.26. The highest BCUT2D eigenvalue weighted by atomic mass is 79.9. The van der Waals surface area contributed by atoms with Crippen molar-refractivity contribution in [3.63, 3.8) is 0 Å². The van der Waals surface area contributed by atoms with E-state index in [9.17, 15) is 14.4 Å². The molecule has 1 fully saturated rings. The third-order valence-corrected chi connectivity index (χ3v) is 4.99. The van der Waals surface area contributed by atoms with Crippen molar-refractivity contribution >= 4 is 73.1 Å². The fourth-order valence-electron chi connectivity index (χ4n) is 2.57. The van der Waals surface area contributed by atoms with Crippen molar-refractivity contribution in [1.82, 2.24) is 5.32 Å². The van der Waals surface area contributed by atoms with Gasteiger partial charge in [0.2, 0.25) is 0 Å². The van der Waals surface area contributed by atoms with Gasteiger partial charge >= 0.3 is 6.03 Å². The van der Waals surface area contributed by atoms with Gasteiger partial charge in [-0.15, -0.1) is 0 Å². The summed E-state index contributed by atoms with van der Waals surface area (Å²) in [5.41, 5.74) is 0.529. The molecule has 6 nitrogen and oxygen atoms in total. The van der Waals surface area contributed by atoms with Crippen LogP contribution in [0.2, 0.25) is 5.02 Å². The van der Waals surface area contributed by atoms with Gasteiger partial charge in [0.1, 0.15) is 11.3 Å². The van der Waals surface area contributed by atoms with Crippen LogP contribution in [0.5, 0.6) is 5.75 Å². The summed E-state index contributed by atoms with van der Waals surface area (Å²) >= 11 is 12.7. The topological polar surface area (TPSA) is 75.7 Å². The highest BCUT2D eigenvalue weighted by molar-refractivity contribution is 9.11. The van der Waals surface area contributed by atoms with Crippen LogP contribution in [0, 0.1) is 0 Å². The Hall–Kier alpha value is -2.16. The molecule has 1 aliphatic rings. The van der Waals surface area contributed by atoms with Crippen molar-refractivity contribution in [2.75, 3.05) is 12.0 Å². The number of methoxy groups -OCH3 is 1. The minimum atomic E-state index is -0.841. The first kappa shape index (κ1) is 19.6. The molecule has 0 bridgehead atoms. The van der Waals surface area contributed by atoms with Gasteiger partial charge in [-0.05, 0) is 52.3 Å². The van der Waals surface area contributed by atoms with E-state index in [0.717, 1.165) is 4.90 Å². The number of carbonyl (C=O) groups excluding carboxylic acids is 3. The highest BCUT2D eigenvalue weighted by Crippen LogP contribution is 2.34. The number of amides is 4. The van der Waals surface area contributed by atoms with Gasteiger partial charge in [0.05, 0.1) is 17.3 Å². The van der Waals surface area contributed by atoms with Crippen molar-refractivity contribution in [1.29, 1.82) is 0 Å². The van der Waals surface area contributed by atoms with Gasteiger partial charge in [-0.2, -0.15) is 0 Å². The molecule has 138 valence electrons. The van der Waals surface area contributed by atoms with E-state index in [1.165, 1.54) is 19.3 Å². The van der Waals surface area contributed by atoms with E-state index in [1.54, 1.807) is 30.3 Å². The highest BCUT2D eigenvalue weighted by Gasteiger charge is 2.37. The predicted octanol–water partition coefficient (Wildman–Crippen LogP) is 4.54. The Morgan fingerprint density at radius 2 is 1.89 bits per heavy atom.